The van der Waals surface area contributed by atoms with Gasteiger partial charge >= 0.3 is 0 Å². The van der Waals surface area contributed by atoms with Gasteiger partial charge in [-0.2, -0.15) is 0 Å². The quantitative estimate of drug-likeness (QED) is 0.402. The maximum Gasteiger partial charge on any atom is 0.267 e. The van der Waals surface area contributed by atoms with E-state index in [-0.39, 0.29) is 11.3 Å². The van der Waals surface area contributed by atoms with Crippen molar-refractivity contribution in [3.63, 3.8) is 0 Å². The van der Waals surface area contributed by atoms with Crippen LogP contribution in [0.3, 0.4) is 0 Å². The first kappa shape index (κ1) is 26.4. The highest BCUT2D eigenvalue weighted by molar-refractivity contribution is 7.86. The second kappa shape index (κ2) is 10.7. The first-order valence-corrected chi connectivity index (χ1v) is 14.2. The van der Waals surface area contributed by atoms with Crippen LogP contribution in [-0.2, 0) is 21.1 Å². The van der Waals surface area contributed by atoms with Crippen LogP contribution in [0.25, 0.3) is 0 Å². The molecule has 2 N–H and O–H groups in total. The molecular weight excluding hydrogens is 490 g/mol. The van der Waals surface area contributed by atoms with Crippen LogP contribution in [0.2, 0.25) is 0 Å². The van der Waals surface area contributed by atoms with Gasteiger partial charge in [-0.25, -0.2) is 4.21 Å². The minimum atomic E-state index is -1.48. The molecule has 0 radical (unpaired) electrons. The molecule has 0 aliphatic carbocycles. The van der Waals surface area contributed by atoms with Crippen molar-refractivity contribution >= 4 is 45.3 Å². The fourth-order valence-corrected chi connectivity index (χ4v) is 6.29. The van der Waals surface area contributed by atoms with Gasteiger partial charge in [0.2, 0.25) is 0 Å². The number of nitrogens with one attached hydrogen (secondary N) is 2. The van der Waals surface area contributed by atoms with Crippen molar-refractivity contribution in [3.05, 3.63) is 68.9 Å². The summed E-state index contributed by atoms with van der Waals surface area (Å²) in [4.78, 5) is 16.9. The number of thiophene rings is 1. The zero-order valence-electron chi connectivity index (χ0n) is 21.9. The second-order valence-electron chi connectivity index (χ2n) is 10.2. The van der Waals surface area contributed by atoms with Crippen LogP contribution in [0.5, 0.6) is 0 Å². The average Bonchev–Trinajstić information content (AvgIpc) is 3.30. The van der Waals surface area contributed by atoms with Gasteiger partial charge in [0.1, 0.15) is 15.9 Å². The van der Waals surface area contributed by atoms with E-state index in [1.165, 1.54) is 22.5 Å². The molecule has 2 aromatic carbocycles. The van der Waals surface area contributed by atoms with E-state index >= 15 is 0 Å². The molecular formula is C28H35N3O3S2. The maximum absolute atomic E-state index is 13.4. The fraction of sp³-hybridized carbons (Fsp3) is 0.393. The molecule has 1 aliphatic rings. The van der Waals surface area contributed by atoms with Crippen LogP contribution in [0.15, 0.2) is 46.7 Å². The second-order valence-corrected chi connectivity index (χ2v) is 12.4. The van der Waals surface area contributed by atoms with E-state index in [0.717, 1.165) is 35.6 Å². The van der Waals surface area contributed by atoms with Crippen molar-refractivity contribution in [1.29, 1.82) is 0 Å². The number of nitrogens with zero attached hydrogens (tertiary/aromatic N) is 1. The molecule has 8 heteroatoms. The first-order valence-electron chi connectivity index (χ1n) is 12.2. The number of aryl methyl sites for hydroxylation is 2. The van der Waals surface area contributed by atoms with E-state index < -0.39 is 11.0 Å². The third kappa shape index (κ3) is 5.66. The number of carbonyl (C=O) groups is 1. The van der Waals surface area contributed by atoms with E-state index in [9.17, 15) is 9.00 Å². The monoisotopic (exact) mass is 525 g/mol. The van der Waals surface area contributed by atoms with Gasteiger partial charge in [-0.05, 0) is 72.0 Å². The van der Waals surface area contributed by atoms with Gasteiger partial charge in [0.05, 0.1) is 23.8 Å². The molecule has 0 saturated carbocycles. The Kier molecular flexibility index (Phi) is 7.87. The lowest BCUT2D eigenvalue weighted by Crippen LogP contribution is -2.37. The minimum Gasteiger partial charge on any atom is -0.378 e. The van der Waals surface area contributed by atoms with Gasteiger partial charge in [0.15, 0.2) is 0 Å². The number of hydrogen-bond donors (Lipinski definition) is 2. The molecule has 1 unspecified atom stereocenters. The van der Waals surface area contributed by atoms with Crippen molar-refractivity contribution in [1.82, 2.24) is 0 Å². The number of morpholine rings is 1. The summed E-state index contributed by atoms with van der Waals surface area (Å²) < 4.78 is 21.6. The van der Waals surface area contributed by atoms with E-state index in [1.807, 2.05) is 36.6 Å². The van der Waals surface area contributed by atoms with Crippen LogP contribution < -0.4 is 14.9 Å². The van der Waals surface area contributed by atoms with Gasteiger partial charge in [0.25, 0.3) is 5.91 Å². The van der Waals surface area contributed by atoms with Gasteiger partial charge in [-0.3, -0.25) is 9.52 Å². The number of ether oxygens (including phenoxy) is 1. The standard InChI is InChI=1S/C28H35N3O3S2/c1-18-17-19(2)25(31-12-14-34-15-13-31)20(3)24(18)29-27(32)26-23(11-16-35-26)30-36(33)22-9-7-21(8-10-22)28(4,5)6/h7-11,16-17,30H,12-15H2,1-6H3,(H,29,32). The van der Waals surface area contributed by atoms with Crippen molar-refractivity contribution in [2.24, 2.45) is 0 Å². The Morgan fingerprint density at radius 2 is 1.69 bits per heavy atom. The molecule has 1 atom stereocenters. The van der Waals surface area contributed by atoms with Crippen molar-refractivity contribution in [2.75, 3.05) is 41.2 Å². The van der Waals surface area contributed by atoms with Crippen LogP contribution in [0.4, 0.5) is 17.1 Å². The van der Waals surface area contributed by atoms with Gasteiger partial charge < -0.3 is 15.0 Å². The van der Waals surface area contributed by atoms with E-state index in [4.69, 9.17) is 4.74 Å². The molecule has 6 nitrogen and oxygen atoms in total. The summed E-state index contributed by atoms with van der Waals surface area (Å²) in [6, 6.07) is 11.7. The molecule has 1 amide bonds. The molecule has 0 spiro atoms. The molecule has 1 aromatic heterocycles. The lowest BCUT2D eigenvalue weighted by Gasteiger charge is -2.32. The Balaban J connectivity index is 1.53. The largest absolute Gasteiger partial charge is 0.378 e. The van der Waals surface area contributed by atoms with Gasteiger partial charge in [0, 0.05) is 24.5 Å². The van der Waals surface area contributed by atoms with E-state index in [1.54, 1.807) is 6.07 Å². The fourth-order valence-electron chi connectivity index (χ4n) is 4.61. The number of carbonyl (C=O) groups excluding carboxylic acids is 1. The average molecular weight is 526 g/mol. The lowest BCUT2D eigenvalue weighted by atomic mass is 9.87. The molecule has 1 fully saturated rings. The molecule has 4 rings (SSSR count). The SMILES string of the molecule is Cc1cc(C)c(N2CCOCC2)c(C)c1NC(=O)c1sccc1NS(=O)c1ccc(C(C)(C)C)cc1. The van der Waals surface area contributed by atoms with Crippen molar-refractivity contribution < 1.29 is 13.7 Å². The number of rotatable bonds is 6. The van der Waals surface area contributed by atoms with Crippen LogP contribution in [-0.4, -0.2) is 36.4 Å². The van der Waals surface area contributed by atoms with Gasteiger partial charge in [-0.1, -0.05) is 39.0 Å². The number of anilines is 3. The van der Waals surface area contributed by atoms with Crippen LogP contribution in [0.1, 0.15) is 52.7 Å². The summed E-state index contributed by atoms with van der Waals surface area (Å²) in [6.07, 6.45) is 0. The van der Waals surface area contributed by atoms with Crippen molar-refractivity contribution in [2.45, 2.75) is 51.9 Å². The maximum atomic E-state index is 13.4. The molecule has 0 bridgehead atoms. The highest BCUT2D eigenvalue weighted by atomic mass is 32.2. The van der Waals surface area contributed by atoms with Crippen molar-refractivity contribution in [3.8, 4) is 0 Å². The Hall–Kier alpha value is -2.68. The molecule has 192 valence electrons. The van der Waals surface area contributed by atoms with E-state index in [2.05, 4.69) is 55.6 Å². The Labute approximate surface area is 220 Å². The third-order valence-corrected chi connectivity index (χ3v) is 8.52. The zero-order chi connectivity index (χ0) is 26.0. The lowest BCUT2D eigenvalue weighted by molar-refractivity contribution is 0.103. The Morgan fingerprint density at radius 3 is 2.33 bits per heavy atom. The smallest absolute Gasteiger partial charge is 0.267 e. The number of hydrogen-bond acceptors (Lipinski definition) is 5. The highest BCUT2D eigenvalue weighted by Gasteiger charge is 2.22. The summed E-state index contributed by atoms with van der Waals surface area (Å²) in [5.41, 5.74) is 7.01. The predicted molar refractivity (Wildman–Crippen MR) is 151 cm³/mol. The Bertz CT molecular complexity index is 1270. The normalized spacial score (nSPS) is 15.0. The van der Waals surface area contributed by atoms with Crippen LogP contribution in [0, 0.1) is 20.8 Å². The summed E-state index contributed by atoms with van der Waals surface area (Å²) in [5, 5.41) is 4.98. The molecule has 2 heterocycles. The molecule has 1 aliphatic heterocycles. The topological polar surface area (TPSA) is 70.7 Å². The predicted octanol–water partition coefficient (Wildman–Crippen LogP) is 6.19. The first-order chi connectivity index (χ1) is 17.1. The summed E-state index contributed by atoms with van der Waals surface area (Å²) in [5.74, 6) is -0.212. The summed E-state index contributed by atoms with van der Waals surface area (Å²) >= 11 is 1.33. The molecule has 1 saturated heterocycles. The van der Waals surface area contributed by atoms with E-state index in [0.29, 0.717) is 28.7 Å². The summed E-state index contributed by atoms with van der Waals surface area (Å²) in [7, 11) is -1.48. The minimum absolute atomic E-state index is 0.0277. The number of amides is 1. The molecule has 3 aromatic rings. The van der Waals surface area contributed by atoms with Gasteiger partial charge in [-0.15, -0.1) is 11.3 Å². The Morgan fingerprint density at radius 1 is 1.03 bits per heavy atom. The van der Waals surface area contributed by atoms with Crippen LogP contribution >= 0.6 is 11.3 Å². The highest BCUT2D eigenvalue weighted by Crippen LogP contribution is 2.35. The summed E-state index contributed by atoms with van der Waals surface area (Å²) in [6.45, 7) is 15.7. The third-order valence-electron chi connectivity index (χ3n) is 6.51. The zero-order valence-corrected chi connectivity index (χ0v) is 23.5. The molecule has 36 heavy (non-hydrogen) atoms. The number of benzene rings is 2.